The van der Waals surface area contributed by atoms with Crippen LogP contribution in [0.2, 0.25) is 35.7 Å². The minimum atomic E-state index is -1.93. The van der Waals surface area contributed by atoms with Crippen molar-refractivity contribution in [3.8, 4) is 0 Å². The first-order chi connectivity index (χ1) is 17.2. The molecule has 3 aromatic rings. The van der Waals surface area contributed by atoms with E-state index < -0.39 is 58.1 Å². The van der Waals surface area contributed by atoms with Crippen LogP contribution < -0.4 is 0 Å². The van der Waals surface area contributed by atoms with Crippen LogP contribution in [-0.4, -0.2) is 34.0 Å². The highest BCUT2D eigenvalue weighted by Gasteiger charge is 2.30. The van der Waals surface area contributed by atoms with Crippen LogP contribution in [0.3, 0.4) is 0 Å². The summed E-state index contributed by atoms with van der Waals surface area (Å²) >= 11 is 11.8. The summed E-state index contributed by atoms with van der Waals surface area (Å²) in [6, 6.07) is 4.89. The SMILES string of the molecule is Cc1c(S(=O)C=N)nc(C(c2cc(F)c(F)c(Cl)c2)c2cc(F)c(F)c(Cl)c2)n1COCC[Si](C)(C)C. The molecule has 0 amide bonds. The lowest BCUT2D eigenvalue weighted by molar-refractivity contribution is 0.0835. The Bertz CT molecular complexity index is 1260. The third-order valence-corrected chi connectivity index (χ3v) is 8.89. The maximum absolute atomic E-state index is 14.4. The van der Waals surface area contributed by atoms with Gasteiger partial charge in [0.05, 0.1) is 27.2 Å². The number of imidazole rings is 1. The van der Waals surface area contributed by atoms with Crippen molar-refractivity contribution in [3.05, 3.63) is 80.2 Å². The van der Waals surface area contributed by atoms with Crippen LogP contribution in [-0.2, 0) is 22.3 Å². The van der Waals surface area contributed by atoms with Crippen LogP contribution in [0.4, 0.5) is 17.6 Å². The van der Waals surface area contributed by atoms with Crippen molar-refractivity contribution >= 4 is 47.6 Å². The number of nitrogens with zero attached hydrogens (tertiary/aromatic N) is 2. The fourth-order valence-electron chi connectivity index (χ4n) is 3.67. The molecule has 0 spiro atoms. The number of ether oxygens (including phenoxy) is 1. The Hall–Kier alpha value is -2.05. The highest BCUT2D eigenvalue weighted by atomic mass is 35.5. The van der Waals surface area contributed by atoms with E-state index in [-0.39, 0.29) is 28.7 Å². The zero-order valence-electron chi connectivity index (χ0n) is 20.5. The summed E-state index contributed by atoms with van der Waals surface area (Å²) in [7, 11) is -3.34. The Morgan fingerprint density at radius 3 is 2.00 bits per heavy atom. The van der Waals surface area contributed by atoms with Crippen molar-refractivity contribution in [2.45, 2.75) is 50.3 Å². The van der Waals surface area contributed by atoms with Crippen molar-refractivity contribution in [1.82, 2.24) is 9.55 Å². The van der Waals surface area contributed by atoms with E-state index in [9.17, 15) is 21.8 Å². The minimum Gasteiger partial charge on any atom is -0.361 e. The fraction of sp³-hybridized carbons (Fsp3) is 0.333. The molecule has 3 rings (SSSR count). The average Bonchev–Trinajstić information content (AvgIpc) is 3.13. The Kier molecular flexibility index (Phi) is 9.39. The second-order valence-electron chi connectivity index (χ2n) is 9.58. The Morgan fingerprint density at radius 1 is 1.05 bits per heavy atom. The minimum absolute atomic E-state index is 0.0335. The molecule has 1 heterocycles. The largest absolute Gasteiger partial charge is 0.361 e. The molecule has 13 heteroatoms. The molecule has 0 aliphatic heterocycles. The first-order valence-corrected chi connectivity index (χ1v) is 16.8. The van der Waals surface area contributed by atoms with Gasteiger partial charge in [-0.3, -0.25) is 5.41 Å². The molecule has 5 nitrogen and oxygen atoms in total. The molecule has 0 aliphatic rings. The normalized spacial score (nSPS) is 12.8. The number of rotatable bonds is 10. The quantitative estimate of drug-likeness (QED) is 0.0671. The van der Waals surface area contributed by atoms with Crippen LogP contribution in [0.15, 0.2) is 29.3 Å². The van der Waals surface area contributed by atoms with E-state index in [0.29, 0.717) is 17.8 Å². The van der Waals surface area contributed by atoms with E-state index in [1.165, 1.54) is 0 Å². The van der Waals surface area contributed by atoms with Gasteiger partial charge in [-0.2, -0.15) is 0 Å². The van der Waals surface area contributed by atoms with E-state index in [1.807, 2.05) is 0 Å². The lowest BCUT2D eigenvalue weighted by atomic mass is 9.90. The van der Waals surface area contributed by atoms with Gasteiger partial charge in [0.2, 0.25) is 0 Å². The molecule has 2 aromatic carbocycles. The zero-order valence-corrected chi connectivity index (χ0v) is 23.8. The second-order valence-corrected chi connectivity index (χ2v) is 17.2. The number of halogens is 6. The second kappa shape index (κ2) is 11.8. The zero-order chi connectivity index (χ0) is 27.7. The number of aromatic nitrogens is 2. The molecule has 0 saturated heterocycles. The Balaban J connectivity index is 2.26. The fourth-order valence-corrected chi connectivity index (χ4v) is 5.56. The highest BCUT2D eigenvalue weighted by molar-refractivity contribution is 7.98. The molecule has 1 atom stereocenters. The van der Waals surface area contributed by atoms with Crippen LogP contribution in [0.1, 0.15) is 28.6 Å². The van der Waals surface area contributed by atoms with E-state index in [1.54, 1.807) is 11.5 Å². The predicted molar refractivity (Wildman–Crippen MR) is 140 cm³/mol. The summed E-state index contributed by atoms with van der Waals surface area (Å²) in [4.78, 5) is 4.45. The van der Waals surface area contributed by atoms with Gasteiger partial charge in [-0.05, 0) is 48.4 Å². The third kappa shape index (κ3) is 6.69. The van der Waals surface area contributed by atoms with Crippen LogP contribution >= 0.6 is 23.2 Å². The Morgan fingerprint density at radius 2 is 1.57 bits per heavy atom. The van der Waals surface area contributed by atoms with E-state index in [2.05, 4.69) is 24.6 Å². The van der Waals surface area contributed by atoms with Crippen molar-refractivity contribution in [1.29, 1.82) is 5.41 Å². The van der Waals surface area contributed by atoms with E-state index >= 15 is 0 Å². The molecule has 1 N–H and O–H groups in total. The van der Waals surface area contributed by atoms with Crippen LogP contribution in [0, 0.1) is 35.6 Å². The monoisotopic (exact) mass is 593 g/mol. The molecule has 1 unspecified atom stereocenters. The smallest absolute Gasteiger partial charge is 0.177 e. The molecule has 0 aliphatic carbocycles. The predicted octanol–water partition coefficient (Wildman–Crippen LogP) is 7.26. The van der Waals surface area contributed by atoms with Crippen molar-refractivity contribution in [2.24, 2.45) is 0 Å². The summed E-state index contributed by atoms with van der Waals surface area (Å²) in [5, 5.41) is 6.41. The van der Waals surface area contributed by atoms with Gasteiger partial charge in [-0.25, -0.2) is 26.8 Å². The van der Waals surface area contributed by atoms with Crippen LogP contribution in [0.25, 0.3) is 0 Å². The van der Waals surface area contributed by atoms with Gasteiger partial charge >= 0.3 is 0 Å². The topological polar surface area (TPSA) is 68.0 Å². The number of hydrogen-bond donors (Lipinski definition) is 1. The van der Waals surface area contributed by atoms with Crippen molar-refractivity contribution < 1.29 is 26.5 Å². The standard InChI is InChI=1S/C24H25Cl2F4N3O2SSi/c1-13-24(36(34)11-31)32-23(33(13)12-35-5-6-37(2,3)4)20(14-7-16(25)21(29)18(27)9-14)15-8-17(26)22(30)19(28)10-15/h7-11,20,31H,5-6,12H2,1-4H3. The van der Waals surface area contributed by atoms with Gasteiger partial charge in [-0.15, -0.1) is 0 Å². The molecular weight excluding hydrogens is 569 g/mol. The first kappa shape index (κ1) is 29.5. The van der Waals surface area contributed by atoms with Gasteiger partial charge in [-0.1, -0.05) is 42.8 Å². The first-order valence-electron chi connectivity index (χ1n) is 11.1. The maximum Gasteiger partial charge on any atom is 0.177 e. The van der Waals surface area contributed by atoms with Gasteiger partial charge in [0.25, 0.3) is 0 Å². The molecule has 0 fully saturated rings. The number of nitrogens with one attached hydrogen (secondary N) is 1. The third-order valence-electron chi connectivity index (χ3n) is 5.66. The molecule has 37 heavy (non-hydrogen) atoms. The Labute approximate surface area is 225 Å². The van der Waals surface area contributed by atoms with Gasteiger partial charge < -0.3 is 9.30 Å². The summed E-state index contributed by atoms with van der Waals surface area (Å²) in [5.41, 5.74) is 1.21. The van der Waals surface area contributed by atoms with E-state index in [0.717, 1.165) is 30.3 Å². The van der Waals surface area contributed by atoms with Crippen molar-refractivity contribution in [3.63, 3.8) is 0 Å². The molecule has 1 aromatic heterocycles. The van der Waals surface area contributed by atoms with Gasteiger partial charge in [0.1, 0.15) is 23.4 Å². The summed E-state index contributed by atoms with van der Waals surface area (Å²) in [5.74, 6) is -6.09. The summed E-state index contributed by atoms with van der Waals surface area (Å²) in [6.07, 6.45) is 0. The maximum atomic E-state index is 14.4. The number of hydrogen-bond acceptors (Lipinski definition) is 4. The van der Waals surface area contributed by atoms with Crippen LogP contribution in [0.5, 0.6) is 0 Å². The van der Waals surface area contributed by atoms with E-state index in [4.69, 9.17) is 33.3 Å². The molecule has 200 valence electrons. The lowest BCUT2D eigenvalue weighted by Gasteiger charge is -2.22. The van der Waals surface area contributed by atoms with Gasteiger partial charge in [0.15, 0.2) is 28.3 Å². The van der Waals surface area contributed by atoms with Crippen molar-refractivity contribution in [2.75, 3.05) is 6.61 Å². The number of benzene rings is 2. The lowest BCUT2D eigenvalue weighted by Crippen LogP contribution is -2.22. The molecular formula is C24H25Cl2F4N3O2SSi. The van der Waals surface area contributed by atoms with Gasteiger partial charge in [0, 0.05) is 14.7 Å². The molecule has 0 saturated carbocycles. The highest BCUT2D eigenvalue weighted by Crippen LogP contribution is 2.37. The molecule has 0 bridgehead atoms. The summed E-state index contributed by atoms with van der Waals surface area (Å²) < 4.78 is 76.9. The average molecular weight is 595 g/mol. The summed E-state index contributed by atoms with van der Waals surface area (Å²) in [6.45, 7) is 8.54. The molecule has 0 radical (unpaired) electrons.